The molecule has 0 unspecified atom stereocenters. The van der Waals surface area contributed by atoms with E-state index in [4.69, 9.17) is 0 Å². The molecule has 2 amide bonds. The average Bonchev–Trinajstić information content (AvgIpc) is 3.14. The quantitative estimate of drug-likeness (QED) is 0.654. The highest BCUT2D eigenvalue weighted by Gasteiger charge is 2.16. The molecule has 0 saturated heterocycles. The minimum atomic E-state index is -0.313. The van der Waals surface area contributed by atoms with Gasteiger partial charge in [-0.3, -0.25) is 10.3 Å². The maximum Gasteiger partial charge on any atom is 0.323 e. The lowest BCUT2D eigenvalue weighted by Crippen LogP contribution is -2.39. The fourth-order valence-electron chi connectivity index (χ4n) is 2.58. The number of hydrogen-bond donors (Lipinski definition) is 1. The largest absolute Gasteiger partial charge is 0.323 e. The molecule has 146 valence electrons. The number of hydrogen-bond acceptors (Lipinski definition) is 5. The first-order chi connectivity index (χ1) is 13.5. The van der Waals surface area contributed by atoms with Crippen molar-refractivity contribution >= 4 is 22.5 Å². The van der Waals surface area contributed by atoms with E-state index in [2.05, 4.69) is 15.3 Å². The molecular formula is C20H22FN5OS. The molecule has 2 heterocycles. The van der Waals surface area contributed by atoms with Gasteiger partial charge in [-0.2, -0.15) is 0 Å². The third kappa shape index (κ3) is 5.58. The lowest BCUT2D eigenvalue weighted by Gasteiger charge is -2.24. The molecule has 0 saturated carbocycles. The Bertz CT molecular complexity index is 916. The molecule has 0 aliphatic heterocycles. The Morgan fingerprint density at radius 3 is 2.79 bits per heavy atom. The predicted octanol–water partition coefficient (Wildman–Crippen LogP) is 3.94. The van der Waals surface area contributed by atoms with Gasteiger partial charge in [0.1, 0.15) is 5.82 Å². The van der Waals surface area contributed by atoms with Crippen LogP contribution in [0, 0.1) is 5.82 Å². The summed E-state index contributed by atoms with van der Waals surface area (Å²) in [5.74, 6) is -0.313. The van der Waals surface area contributed by atoms with E-state index in [-0.39, 0.29) is 11.8 Å². The summed E-state index contributed by atoms with van der Waals surface area (Å²) in [4.78, 5) is 25.0. The number of anilines is 1. The van der Waals surface area contributed by atoms with Crippen molar-refractivity contribution < 1.29 is 9.18 Å². The fourth-order valence-corrected chi connectivity index (χ4v) is 3.29. The molecule has 8 heteroatoms. The molecule has 1 aromatic carbocycles. The number of urea groups is 1. The first-order valence-electron chi connectivity index (χ1n) is 8.82. The van der Waals surface area contributed by atoms with Crippen molar-refractivity contribution in [2.24, 2.45) is 0 Å². The van der Waals surface area contributed by atoms with Gasteiger partial charge in [0.05, 0.1) is 5.69 Å². The number of amides is 2. The number of carbonyl (C=O) groups is 1. The highest BCUT2D eigenvalue weighted by molar-refractivity contribution is 7.14. The minimum Gasteiger partial charge on any atom is -0.319 e. The summed E-state index contributed by atoms with van der Waals surface area (Å²) in [5, 5.41) is 5.24. The Hall–Kier alpha value is -2.84. The molecule has 0 spiro atoms. The number of nitrogens with zero attached hydrogens (tertiary/aromatic N) is 4. The zero-order chi connectivity index (χ0) is 19.9. The van der Waals surface area contributed by atoms with Crippen molar-refractivity contribution in [2.75, 3.05) is 32.5 Å². The van der Waals surface area contributed by atoms with Crippen LogP contribution in [0.25, 0.3) is 11.3 Å². The van der Waals surface area contributed by atoms with Gasteiger partial charge in [0.15, 0.2) is 5.13 Å². The summed E-state index contributed by atoms with van der Waals surface area (Å²) in [6.45, 7) is 1.52. The fraction of sp³-hybridized carbons (Fsp3) is 0.250. The Labute approximate surface area is 167 Å². The first kappa shape index (κ1) is 19.9. The van der Waals surface area contributed by atoms with Crippen molar-refractivity contribution in [3.05, 3.63) is 65.6 Å². The number of halogens is 1. The van der Waals surface area contributed by atoms with Gasteiger partial charge >= 0.3 is 6.03 Å². The van der Waals surface area contributed by atoms with Crippen molar-refractivity contribution in [2.45, 2.75) is 6.54 Å². The number of benzene rings is 1. The topological polar surface area (TPSA) is 61.4 Å². The summed E-state index contributed by atoms with van der Waals surface area (Å²) in [6.07, 6.45) is 3.43. The molecule has 3 aromatic rings. The Kier molecular flexibility index (Phi) is 6.67. The van der Waals surface area contributed by atoms with E-state index >= 15 is 0 Å². The van der Waals surface area contributed by atoms with Crippen LogP contribution in [0.1, 0.15) is 5.56 Å². The van der Waals surface area contributed by atoms with Gasteiger partial charge in [-0.15, -0.1) is 11.3 Å². The number of likely N-dealkylation sites (N-methyl/N-ethyl adjacent to an activating group) is 1. The second kappa shape index (κ2) is 9.38. The van der Waals surface area contributed by atoms with Crippen LogP contribution in [0.4, 0.5) is 14.3 Å². The molecule has 6 nitrogen and oxygen atoms in total. The summed E-state index contributed by atoms with van der Waals surface area (Å²) < 4.78 is 13.5. The maximum atomic E-state index is 13.5. The summed E-state index contributed by atoms with van der Waals surface area (Å²) in [5.41, 5.74) is 2.39. The maximum absolute atomic E-state index is 13.5. The molecule has 0 atom stereocenters. The molecule has 1 N–H and O–H groups in total. The van der Waals surface area contributed by atoms with Gasteiger partial charge < -0.3 is 9.80 Å². The standard InChI is InChI=1S/C20H22FN5OS/c1-25(2)9-10-26(13-15-5-3-7-17(21)11-15)20(27)24-19-23-18(14-28-19)16-6-4-8-22-12-16/h3-8,11-12,14H,9-10,13H2,1-2H3,(H,23,24,27). The van der Waals surface area contributed by atoms with Gasteiger partial charge in [-0.1, -0.05) is 12.1 Å². The van der Waals surface area contributed by atoms with Crippen LogP contribution in [0.3, 0.4) is 0 Å². The lowest BCUT2D eigenvalue weighted by molar-refractivity contribution is 0.202. The van der Waals surface area contributed by atoms with Gasteiger partial charge in [0.2, 0.25) is 0 Å². The Morgan fingerprint density at radius 2 is 2.07 bits per heavy atom. The van der Waals surface area contributed by atoms with Crippen molar-refractivity contribution in [1.29, 1.82) is 0 Å². The lowest BCUT2D eigenvalue weighted by atomic mass is 10.2. The van der Waals surface area contributed by atoms with E-state index in [9.17, 15) is 9.18 Å². The molecule has 0 aliphatic rings. The number of pyridine rings is 1. The van der Waals surface area contributed by atoms with Crippen LogP contribution in [-0.2, 0) is 6.54 Å². The zero-order valence-corrected chi connectivity index (χ0v) is 16.6. The van der Waals surface area contributed by atoms with E-state index in [1.165, 1.54) is 23.5 Å². The number of rotatable bonds is 7. The third-order valence-corrected chi connectivity index (χ3v) is 4.80. The molecule has 2 aromatic heterocycles. The van der Waals surface area contributed by atoms with E-state index in [0.29, 0.717) is 24.8 Å². The van der Waals surface area contributed by atoms with Gasteiger partial charge in [-0.05, 0) is 43.9 Å². The first-order valence-corrected chi connectivity index (χ1v) is 9.70. The predicted molar refractivity (Wildman–Crippen MR) is 110 cm³/mol. The van der Waals surface area contributed by atoms with Crippen LogP contribution in [0.5, 0.6) is 0 Å². The number of nitrogens with one attached hydrogen (secondary N) is 1. The van der Waals surface area contributed by atoms with Crippen LogP contribution >= 0.6 is 11.3 Å². The minimum absolute atomic E-state index is 0.266. The number of thiazole rings is 1. The molecule has 0 radical (unpaired) electrons. The summed E-state index contributed by atoms with van der Waals surface area (Å²) in [7, 11) is 3.89. The van der Waals surface area contributed by atoms with Crippen LogP contribution in [-0.4, -0.2) is 53.0 Å². The molecule has 28 heavy (non-hydrogen) atoms. The van der Waals surface area contributed by atoms with E-state index in [1.807, 2.05) is 42.6 Å². The summed E-state index contributed by atoms with van der Waals surface area (Å²) >= 11 is 1.36. The van der Waals surface area contributed by atoms with Crippen LogP contribution in [0.15, 0.2) is 54.2 Å². The van der Waals surface area contributed by atoms with Gasteiger partial charge in [0.25, 0.3) is 0 Å². The smallest absolute Gasteiger partial charge is 0.319 e. The van der Waals surface area contributed by atoms with E-state index < -0.39 is 0 Å². The second-order valence-corrected chi connectivity index (χ2v) is 7.42. The van der Waals surface area contributed by atoms with Crippen LogP contribution in [0.2, 0.25) is 0 Å². The molecule has 0 aliphatic carbocycles. The number of aromatic nitrogens is 2. The second-order valence-electron chi connectivity index (χ2n) is 6.56. The number of carbonyl (C=O) groups excluding carboxylic acids is 1. The van der Waals surface area contributed by atoms with E-state index in [1.54, 1.807) is 23.4 Å². The molecule has 0 fully saturated rings. The molecule has 0 bridgehead atoms. The monoisotopic (exact) mass is 399 g/mol. The normalized spacial score (nSPS) is 10.9. The van der Waals surface area contributed by atoms with E-state index in [0.717, 1.165) is 16.8 Å². The van der Waals surface area contributed by atoms with Crippen molar-refractivity contribution in [1.82, 2.24) is 19.8 Å². The average molecular weight is 399 g/mol. The Morgan fingerprint density at radius 1 is 1.21 bits per heavy atom. The van der Waals surface area contributed by atoms with Gasteiger partial charge in [-0.25, -0.2) is 14.2 Å². The SMILES string of the molecule is CN(C)CCN(Cc1cccc(F)c1)C(=O)Nc1nc(-c2cccnc2)cs1. The molecular weight excluding hydrogens is 377 g/mol. The van der Waals surface area contributed by atoms with Crippen molar-refractivity contribution in [3.8, 4) is 11.3 Å². The third-order valence-electron chi connectivity index (χ3n) is 4.04. The van der Waals surface area contributed by atoms with Crippen LogP contribution < -0.4 is 5.32 Å². The molecule has 3 rings (SSSR count). The highest BCUT2D eigenvalue weighted by atomic mass is 32.1. The zero-order valence-electron chi connectivity index (χ0n) is 15.8. The van der Waals surface area contributed by atoms with Gasteiger partial charge in [0, 0.05) is 43.0 Å². The summed E-state index contributed by atoms with van der Waals surface area (Å²) in [6, 6.07) is 9.79. The van der Waals surface area contributed by atoms with Crippen molar-refractivity contribution in [3.63, 3.8) is 0 Å². The Balaban J connectivity index is 1.71. The highest BCUT2D eigenvalue weighted by Crippen LogP contribution is 2.24.